The lowest BCUT2D eigenvalue weighted by Gasteiger charge is -2.23. The van der Waals surface area contributed by atoms with Gasteiger partial charge >= 0.3 is 0 Å². The van der Waals surface area contributed by atoms with Crippen molar-refractivity contribution in [3.05, 3.63) is 29.8 Å². The maximum Gasteiger partial charge on any atom is 0.101 e. The van der Waals surface area contributed by atoms with Gasteiger partial charge in [0.05, 0.1) is 17.1 Å². The van der Waals surface area contributed by atoms with Crippen LogP contribution < -0.4 is 5.73 Å². The molecule has 0 atom stereocenters. The van der Waals surface area contributed by atoms with Gasteiger partial charge in [-0.15, -0.1) is 0 Å². The maximum absolute atomic E-state index is 5.81. The molecule has 5 heteroatoms. The summed E-state index contributed by atoms with van der Waals surface area (Å²) in [6.45, 7) is 6.04. The highest BCUT2D eigenvalue weighted by atomic mass is 15.3. The van der Waals surface area contributed by atoms with Gasteiger partial charge in [0.15, 0.2) is 0 Å². The predicted octanol–water partition coefficient (Wildman–Crippen LogP) is 1.29. The van der Waals surface area contributed by atoms with Crippen LogP contribution in [0.5, 0.6) is 0 Å². The second-order valence-corrected chi connectivity index (χ2v) is 4.55. The fourth-order valence-corrected chi connectivity index (χ4v) is 1.62. The molecule has 2 heterocycles. The first-order chi connectivity index (χ1) is 7.41. The van der Waals surface area contributed by atoms with E-state index < -0.39 is 0 Å². The molecule has 0 radical (unpaired) electrons. The molecule has 0 saturated heterocycles. The van der Waals surface area contributed by atoms with Crippen molar-refractivity contribution in [2.24, 2.45) is 7.05 Å². The first-order valence-electron chi connectivity index (χ1n) is 5.23. The summed E-state index contributed by atoms with van der Waals surface area (Å²) in [5.74, 6) is 0. The van der Waals surface area contributed by atoms with Crippen LogP contribution in [0, 0.1) is 6.92 Å². The predicted molar refractivity (Wildman–Crippen MR) is 63.0 cm³/mol. The minimum Gasteiger partial charge on any atom is -0.396 e. The van der Waals surface area contributed by atoms with Crippen LogP contribution in [0.15, 0.2) is 18.5 Å². The van der Waals surface area contributed by atoms with Crippen LogP contribution >= 0.6 is 0 Å². The lowest BCUT2D eigenvalue weighted by Crippen LogP contribution is -2.29. The molecule has 0 fully saturated rings. The van der Waals surface area contributed by atoms with Gasteiger partial charge in [0.25, 0.3) is 0 Å². The van der Waals surface area contributed by atoms with Crippen LogP contribution in [0.2, 0.25) is 0 Å². The molecule has 2 rings (SSSR count). The van der Waals surface area contributed by atoms with Crippen LogP contribution in [0.3, 0.4) is 0 Å². The van der Waals surface area contributed by atoms with Gasteiger partial charge in [0.1, 0.15) is 5.54 Å². The fourth-order valence-electron chi connectivity index (χ4n) is 1.62. The maximum atomic E-state index is 5.81. The van der Waals surface area contributed by atoms with Crippen LogP contribution in [0.1, 0.15) is 25.2 Å². The molecule has 86 valence electrons. The van der Waals surface area contributed by atoms with Crippen molar-refractivity contribution in [2.75, 3.05) is 5.73 Å². The third kappa shape index (κ3) is 1.58. The molecular weight excluding hydrogens is 202 g/mol. The second-order valence-electron chi connectivity index (χ2n) is 4.55. The Labute approximate surface area is 94.9 Å². The molecule has 16 heavy (non-hydrogen) atoms. The number of hydrogen-bond donors (Lipinski definition) is 1. The summed E-state index contributed by atoms with van der Waals surface area (Å²) in [6.07, 6.45) is 3.78. The Morgan fingerprint density at radius 2 is 2.00 bits per heavy atom. The van der Waals surface area contributed by atoms with E-state index in [0.717, 1.165) is 11.4 Å². The summed E-state index contributed by atoms with van der Waals surface area (Å²) >= 11 is 0. The van der Waals surface area contributed by atoms with Crippen molar-refractivity contribution in [3.63, 3.8) is 0 Å². The molecule has 0 unspecified atom stereocenters. The van der Waals surface area contributed by atoms with E-state index in [1.54, 1.807) is 4.68 Å². The van der Waals surface area contributed by atoms with Crippen LogP contribution in [0.25, 0.3) is 0 Å². The summed E-state index contributed by atoms with van der Waals surface area (Å²) in [6, 6.07) is 1.99. The zero-order valence-electron chi connectivity index (χ0n) is 10.1. The standard InChI is InChI=1S/C11H17N5/c1-8-9(12)7-16(13-8)11(2,3)10-5-6-15(4)14-10/h5-7H,12H2,1-4H3. The van der Waals surface area contributed by atoms with E-state index in [4.69, 9.17) is 5.73 Å². The molecule has 5 nitrogen and oxygen atoms in total. The summed E-state index contributed by atoms with van der Waals surface area (Å²) < 4.78 is 3.65. The van der Waals surface area contributed by atoms with E-state index >= 15 is 0 Å². The van der Waals surface area contributed by atoms with Gasteiger partial charge < -0.3 is 5.73 Å². The van der Waals surface area contributed by atoms with Crippen molar-refractivity contribution in [1.29, 1.82) is 0 Å². The van der Waals surface area contributed by atoms with E-state index in [0.29, 0.717) is 5.69 Å². The first-order valence-corrected chi connectivity index (χ1v) is 5.23. The average Bonchev–Trinajstić information content (AvgIpc) is 2.75. The van der Waals surface area contributed by atoms with Crippen molar-refractivity contribution in [2.45, 2.75) is 26.3 Å². The number of aryl methyl sites for hydroxylation is 2. The van der Waals surface area contributed by atoms with Gasteiger partial charge in [-0.1, -0.05) is 0 Å². The third-order valence-corrected chi connectivity index (χ3v) is 2.85. The molecule has 0 aliphatic rings. The Bertz CT molecular complexity index is 487. The SMILES string of the molecule is Cc1nn(C(C)(C)c2ccn(C)n2)cc1N. The molecule has 2 aromatic rings. The molecular formula is C11H17N5. The molecule has 2 N–H and O–H groups in total. The Hall–Kier alpha value is -1.78. The fraction of sp³-hybridized carbons (Fsp3) is 0.455. The molecule has 0 aliphatic heterocycles. The second kappa shape index (κ2) is 3.37. The van der Waals surface area contributed by atoms with E-state index in [1.165, 1.54) is 0 Å². The molecule has 0 spiro atoms. The Morgan fingerprint density at radius 3 is 2.44 bits per heavy atom. The van der Waals surface area contributed by atoms with Crippen molar-refractivity contribution in [3.8, 4) is 0 Å². The largest absolute Gasteiger partial charge is 0.396 e. The van der Waals surface area contributed by atoms with E-state index in [9.17, 15) is 0 Å². The number of aromatic nitrogens is 4. The lowest BCUT2D eigenvalue weighted by atomic mass is 10.0. The van der Waals surface area contributed by atoms with Gasteiger partial charge in [-0.05, 0) is 26.8 Å². The topological polar surface area (TPSA) is 61.7 Å². The summed E-state index contributed by atoms with van der Waals surface area (Å²) in [7, 11) is 1.91. The summed E-state index contributed by atoms with van der Waals surface area (Å²) in [4.78, 5) is 0. The van der Waals surface area contributed by atoms with Crippen LogP contribution in [-0.4, -0.2) is 19.6 Å². The molecule has 0 bridgehead atoms. The lowest BCUT2D eigenvalue weighted by molar-refractivity contribution is 0.375. The van der Waals surface area contributed by atoms with Crippen molar-refractivity contribution < 1.29 is 0 Å². The van der Waals surface area contributed by atoms with Crippen LogP contribution in [-0.2, 0) is 12.6 Å². The zero-order chi connectivity index (χ0) is 11.9. The van der Waals surface area contributed by atoms with Gasteiger partial charge in [-0.3, -0.25) is 9.36 Å². The molecule has 0 amide bonds. The molecule has 0 aliphatic carbocycles. The quantitative estimate of drug-likeness (QED) is 0.828. The highest BCUT2D eigenvalue weighted by molar-refractivity contribution is 5.40. The van der Waals surface area contributed by atoms with E-state index in [2.05, 4.69) is 24.0 Å². The number of nitrogens with two attached hydrogens (primary N) is 1. The monoisotopic (exact) mass is 219 g/mol. The summed E-state index contributed by atoms with van der Waals surface area (Å²) in [5, 5.41) is 8.82. The zero-order valence-corrected chi connectivity index (χ0v) is 10.1. The number of rotatable bonds is 2. The molecule has 0 aromatic carbocycles. The first kappa shape index (κ1) is 10.7. The van der Waals surface area contributed by atoms with Crippen LogP contribution in [0.4, 0.5) is 5.69 Å². The number of nitrogen functional groups attached to an aromatic ring is 1. The summed E-state index contributed by atoms with van der Waals surface area (Å²) in [5.41, 5.74) is 8.06. The van der Waals surface area contributed by atoms with Gasteiger partial charge in [-0.25, -0.2) is 0 Å². The third-order valence-electron chi connectivity index (χ3n) is 2.85. The Balaban J connectivity index is 2.45. The number of nitrogens with zero attached hydrogens (tertiary/aromatic N) is 4. The number of anilines is 1. The van der Waals surface area contributed by atoms with Gasteiger partial charge in [-0.2, -0.15) is 10.2 Å². The van der Waals surface area contributed by atoms with E-state index in [1.807, 2.05) is 37.1 Å². The molecule has 0 saturated carbocycles. The Morgan fingerprint density at radius 1 is 1.31 bits per heavy atom. The minimum absolute atomic E-state index is 0.288. The smallest absolute Gasteiger partial charge is 0.101 e. The highest BCUT2D eigenvalue weighted by Crippen LogP contribution is 2.24. The van der Waals surface area contributed by atoms with Gasteiger partial charge in [0, 0.05) is 19.4 Å². The normalized spacial score (nSPS) is 12.0. The van der Waals surface area contributed by atoms with Gasteiger partial charge in [0.2, 0.25) is 0 Å². The van der Waals surface area contributed by atoms with Crippen molar-refractivity contribution >= 4 is 5.69 Å². The molecule has 2 aromatic heterocycles. The number of hydrogen-bond acceptors (Lipinski definition) is 3. The van der Waals surface area contributed by atoms with E-state index in [-0.39, 0.29) is 5.54 Å². The van der Waals surface area contributed by atoms with Crippen molar-refractivity contribution in [1.82, 2.24) is 19.6 Å². The Kier molecular flexibility index (Phi) is 2.26. The average molecular weight is 219 g/mol. The minimum atomic E-state index is -0.288. The highest BCUT2D eigenvalue weighted by Gasteiger charge is 2.26.